The summed E-state index contributed by atoms with van der Waals surface area (Å²) in [6.45, 7) is 3.81. The molecule has 1 aromatic heterocycles. The minimum Gasteiger partial charge on any atom is -0.288 e. The van der Waals surface area contributed by atoms with Crippen molar-refractivity contribution in [1.29, 1.82) is 0 Å². The van der Waals surface area contributed by atoms with Crippen LogP contribution in [0.25, 0.3) is 0 Å². The second-order valence-corrected chi connectivity index (χ2v) is 4.84. The molecule has 0 fully saturated rings. The van der Waals surface area contributed by atoms with Crippen LogP contribution in [0.4, 0.5) is 4.39 Å². The third-order valence-electron chi connectivity index (χ3n) is 2.69. The van der Waals surface area contributed by atoms with Crippen LogP contribution in [0.5, 0.6) is 0 Å². The molecule has 5 heteroatoms. The highest BCUT2D eigenvalue weighted by Gasteiger charge is 2.19. The van der Waals surface area contributed by atoms with E-state index in [9.17, 15) is 9.18 Å². The molecule has 0 atom stereocenters. The number of ketones is 1. The zero-order chi connectivity index (χ0) is 13.1. The molecule has 0 aliphatic rings. The molecule has 94 valence electrons. The van der Waals surface area contributed by atoms with Crippen LogP contribution in [0.3, 0.4) is 0 Å². The van der Waals surface area contributed by atoms with Crippen LogP contribution in [0, 0.1) is 12.7 Å². The second kappa shape index (κ2) is 5.35. The zero-order valence-electron chi connectivity index (χ0n) is 10.2. The maximum absolute atomic E-state index is 13.2. The van der Waals surface area contributed by atoms with Gasteiger partial charge in [0.25, 0.3) is 0 Å². The normalized spacial score (nSPS) is 10.6. The average molecular weight is 264 g/mol. The molecule has 1 heterocycles. The molecule has 0 saturated heterocycles. The fourth-order valence-electron chi connectivity index (χ4n) is 1.74. The Balaban J connectivity index is 2.41. The summed E-state index contributed by atoms with van der Waals surface area (Å²) in [6.07, 6.45) is 1.61. The molecule has 18 heavy (non-hydrogen) atoms. The molecule has 0 radical (unpaired) electrons. The van der Waals surface area contributed by atoms with Gasteiger partial charge in [-0.15, -0.1) is 5.10 Å². The fourth-order valence-corrected chi connectivity index (χ4v) is 2.40. The molecule has 2 rings (SSSR count). The van der Waals surface area contributed by atoms with Gasteiger partial charge < -0.3 is 0 Å². The van der Waals surface area contributed by atoms with Gasteiger partial charge in [0.1, 0.15) is 10.7 Å². The molecular weight excluding hydrogens is 251 g/mol. The zero-order valence-corrected chi connectivity index (χ0v) is 11.1. The van der Waals surface area contributed by atoms with Gasteiger partial charge in [-0.1, -0.05) is 23.9 Å². The molecule has 0 amide bonds. The Morgan fingerprint density at radius 2 is 2.22 bits per heavy atom. The lowest BCUT2D eigenvalue weighted by Gasteiger charge is -2.04. The summed E-state index contributed by atoms with van der Waals surface area (Å²) < 4.78 is 17.0. The number of halogens is 1. The summed E-state index contributed by atoms with van der Waals surface area (Å²) in [5.74, 6) is -0.594. The van der Waals surface area contributed by atoms with E-state index in [-0.39, 0.29) is 5.78 Å². The number of aromatic nitrogens is 2. The Morgan fingerprint density at radius 3 is 2.94 bits per heavy atom. The lowest BCUT2D eigenvalue weighted by atomic mass is 10.0. The fraction of sp³-hybridized carbons (Fsp3) is 0.308. The van der Waals surface area contributed by atoms with Crippen molar-refractivity contribution in [3.63, 3.8) is 0 Å². The van der Waals surface area contributed by atoms with Gasteiger partial charge in [-0.05, 0) is 42.6 Å². The van der Waals surface area contributed by atoms with Crippen molar-refractivity contribution in [1.82, 2.24) is 9.59 Å². The maximum atomic E-state index is 13.2. The van der Waals surface area contributed by atoms with Crippen LogP contribution in [-0.4, -0.2) is 15.4 Å². The molecule has 0 spiro atoms. The van der Waals surface area contributed by atoms with E-state index in [2.05, 4.69) is 9.59 Å². The van der Waals surface area contributed by atoms with Crippen molar-refractivity contribution in [3.8, 4) is 0 Å². The van der Waals surface area contributed by atoms with E-state index in [1.807, 2.05) is 6.92 Å². The summed E-state index contributed by atoms with van der Waals surface area (Å²) in [7, 11) is 0. The van der Waals surface area contributed by atoms with Gasteiger partial charge in [0.2, 0.25) is 5.78 Å². The lowest BCUT2D eigenvalue weighted by Crippen LogP contribution is -2.05. The first-order chi connectivity index (χ1) is 8.63. The van der Waals surface area contributed by atoms with Crippen molar-refractivity contribution < 1.29 is 9.18 Å². The van der Waals surface area contributed by atoms with E-state index < -0.39 is 5.82 Å². The molecular formula is C13H13FN2OS. The number of rotatable bonds is 4. The molecule has 0 saturated carbocycles. The molecule has 0 N–H and O–H groups in total. The summed E-state index contributed by atoms with van der Waals surface area (Å²) in [5, 5.41) is 3.96. The summed E-state index contributed by atoms with van der Waals surface area (Å²) in [5.41, 5.74) is 1.85. The van der Waals surface area contributed by atoms with E-state index in [4.69, 9.17) is 0 Å². The maximum Gasteiger partial charge on any atom is 0.206 e. The predicted octanol–water partition coefficient (Wildman–Crippen LogP) is 3.17. The first-order valence-electron chi connectivity index (χ1n) is 5.75. The standard InChI is InChI=1S/C13H13FN2OS/c1-3-4-11-13(18-16-15-11)12(17)10-7-9(14)6-5-8(10)2/h5-7H,3-4H2,1-2H3. The van der Waals surface area contributed by atoms with Crippen LogP contribution >= 0.6 is 11.5 Å². The van der Waals surface area contributed by atoms with Crippen molar-refractivity contribution in [2.24, 2.45) is 0 Å². The first-order valence-corrected chi connectivity index (χ1v) is 6.53. The van der Waals surface area contributed by atoms with Gasteiger partial charge >= 0.3 is 0 Å². The monoisotopic (exact) mass is 264 g/mol. The van der Waals surface area contributed by atoms with E-state index in [0.717, 1.165) is 23.5 Å². The minimum atomic E-state index is -0.404. The highest BCUT2D eigenvalue weighted by atomic mass is 32.1. The van der Waals surface area contributed by atoms with Crippen LogP contribution < -0.4 is 0 Å². The Morgan fingerprint density at radius 1 is 1.44 bits per heavy atom. The van der Waals surface area contributed by atoms with E-state index in [0.29, 0.717) is 22.6 Å². The summed E-state index contributed by atoms with van der Waals surface area (Å²) in [6, 6.07) is 4.23. The number of benzene rings is 1. The molecule has 0 aliphatic carbocycles. The number of aryl methyl sites for hydroxylation is 2. The van der Waals surface area contributed by atoms with Crippen LogP contribution in [-0.2, 0) is 6.42 Å². The predicted molar refractivity (Wildman–Crippen MR) is 68.5 cm³/mol. The van der Waals surface area contributed by atoms with Gasteiger partial charge in [0.05, 0.1) is 5.69 Å². The van der Waals surface area contributed by atoms with Crippen LogP contribution in [0.15, 0.2) is 18.2 Å². The molecule has 0 unspecified atom stereocenters. The second-order valence-electron chi connectivity index (χ2n) is 4.09. The Bertz CT molecular complexity index is 580. The lowest BCUT2D eigenvalue weighted by molar-refractivity contribution is 0.104. The summed E-state index contributed by atoms with van der Waals surface area (Å²) >= 11 is 1.07. The molecule has 3 nitrogen and oxygen atoms in total. The van der Waals surface area contributed by atoms with Gasteiger partial charge in [-0.25, -0.2) is 4.39 Å². The molecule has 0 aliphatic heterocycles. The SMILES string of the molecule is CCCc1nnsc1C(=O)c1cc(F)ccc1C. The molecule has 0 bridgehead atoms. The number of hydrogen-bond donors (Lipinski definition) is 0. The number of hydrogen-bond acceptors (Lipinski definition) is 4. The molecule has 1 aromatic carbocycles. The van der Waals surface area contributed by atoms with E-state index >= 15 is 0 Å². The van der Waals surface area contributed by atoms with Gasteiger partial charge in [0, 0.05) is 5.56 Å². The highest BCUT2D eigenvalue weighted by molar-refractivity contribution is 7.08. The highest BCUT2D eigenvalue weighted by Crippen LogP contribution is 2.20. The third kappa shape index (κ3) is 2.46. The van der Waals surface area contributed by atoms with Crippen molar-refractivity contribution in [2.45, 2.75) is 26.7 Å². The van der Waals surface area contributed by atoms with Crippen molar-refractivity contribution in [2.75, 3.05) is 0 Å². The largest absolute Gasteiger partial charge is 0.288 e. The number of nitrogens with zero attached hydrogens (tertiary/aromatic N) is 2. The van der Waals surface area contributed by atoms with Crippen LogP contribution in [0.1, 0.15) is 39.8 Å². The number of carbonyl (C=O) groups is 1. The summed E-state index contributed by atoms with van der Waals surface area (Å²) in [4.78, 5) is 12.9. The Kier molecular flexibility index (Phi) is 3.81. The first kappa shape index (κ1) is 12.8. The number of carbonyl (C=O) groups excluding carboxylic acids is 1. The quantitative estimate of drug-likeness (QED) is 0.797. The Labute approximate surface area is 109 Å². The van der Waals surface area contributed by atoms with E-state index in [1.54, 1.807) is 13.0 Å². The van der Waals surface area contributed by atoms with Gasteiger partial charge in [0.15, 0.2) is 0 Å². The van der Waals surface area contributed by atoms with Crippen molar-refractivity contribution >= 4 is 17.3 Å². The molecule has 2 aromatic rings. The topological polar surface area (TPSA) is 42.9 Å². The van der Waals surface area contributed by atoms with Gasteiger partial charge in [-0.3, -0.25) is 4.79 Å². The smallest absolute Gasteiger partial charge is 0.206 e. The Hall–Kier alpha value is -1.62. The average Bonchev–Trinajstić information content (AvgIpc) is 2.80. The van der Waals surface area contributed by atoms with Gasteiger partial charge in [-0.2, -0.15) is 0 Å². The van der Waals surface area contributed by atoms with Crippen LogP contribution in [0.2, 0.25) is 0 Å². The third-order valence-corrected chi connectivity index (χ3v) is 3.46. The van der Waals surface area contributed by atoms with Crippen molar-refractivity contribution in [3.05, 3.63) is 45.7 Å². The minimum absolute atomic E-state index is 0.189. The van der Waals surface area contributed by atoms with E-state index in [1.165, 1.54) is 12.1 Å².